The number of rotatable bonds is 3. The van der Waals surface area contributed by atoms with Crippen molar-refractivity contribution in [1.29, 1.82) is 0 Å². The van der Waals surface area contributed by atoms with Gasteiger partial charge in [0.25, 0.3) is 11.5 Å². The molecule has 2 N–H and O–H groups in total. The summed E-state index contributed by atoms with van der Waals surface area (Å²) in [6, 6.07) is 8.10. The van der Waals surface area contributed by atoms with Gasteiger partial charge in [-0.15, -0.1) is 12.4 Å². The maximum Gasteiger partial charge on any atom is 0.272 e. The van der Waals surface area contributed by atoms with Crippen LogP contribution in [0.25, 0.3) is 5.69 Å². The number of hydrogen-bond donors (Lipinski definition) is 2. The van der Waals surface area contributed by atoms with E-state index in [2.05, 4.69) is 15.7 Å². The van der Waals surface area contributed by atoms with Crippen molar-refractivity contribution < 1.29 is 9.18 Å². The highest BCUT2D eigenvalue weighted by atomic mass is 35.5. The van der Waals surface area contributed by atoms with Gasteiger partial charge in [-0.25, -0.2) is 4.39 Å². The maximum absolute atomic E-state index is 13.0. The van der Waals surface area contributed by atoms with Crippen molar-refractivity contribution in [2.45, 2.75) is 18.9 Å². The van der Waals surface area contributed by atoms with Gasteiger partial charge >= 0.3 is 0 Å². The fourth-order valence-electron chi connectivity index (χ4n) is 2.53. The molecule has 0 spiro atoms. The molecule has 1 unspecified atom stereocenters. The maximum atomic E-state index is 13.0. The minimum absolute atomic E-state index is 0. The third-order valence-corrected chi connectivity index (χ3v) is 3.74. The summed E-state index contributed by atoms with van der Waals surface area (Å²) < 4.78 is 14.1. The van der Waals surface area contributed by atoms with Gasteiger partial charge in [0, 0.05) is 18.7 Å². The van der Waals surface area contributed by atoms with Gasteiger partial charge in [0.1, 0.15) is 11.5 Å². The molecule has 0 saturated carbocycles. The van der Waals surface area contributed by atoms with Crippen molar-refractivity contribution >= 4 is 18.3 Å². The van der Waals surface area contributed by atoms with Crippen LogP contribution in [-0.4, -0.2) is 34.8 Å². The van der Waals surface area contributed by atoms with Gasteiger partial charge in [0.15, 0.2) is 0 Å². The number of piperidine rings is 1. The molecule has 0 aliphatic carbocycles. The lowest BCUT2D eigenvalue weighted by atomic mass is 10.1. The average molecular weight is 353 g/mol. The standard InChI is InChI=1S/C16H17FN4O2.ClH/c17-11-3-5-13(6-4-11)21-15(22)8-7-14(20-21)16(23)19-12-2-1-9-18-10-12;/h3-8,12,18H,1-2,9-10H2,(H,19,23);1H. The zero-order valence-electron chi connectivity index (χ0n) is 12.9. The predicted octanol–water partition coefficient (Wildman–Crippen LogP) is 1.28. The van der Waals surface area contributed by atoms with E-state index < -0.39 is 5.82 Å². The molecule has 0 bridgehead atoms. The van der Waals surface area contributed by atoms with Gasteiger partial charge < -0.3 is 10.6 Å². The Balaban J connectivity index is 0.00000208. The first-order valence-corrected chi connectivity index (χ1v) is 7.51. The Labute approximate surface area is 144 Å². The van der Waals surface area contributed by atoms with Crippen molar-refractivity contribution in [3.8, 4) is 5.69 Å². The van der Waals surface area contributed by atoms with E-state index in [1.54, 1.807) is 0 Å². The fraction of sp³-hybridized carbons (Fsp3) is 0.312. The summed E-state index contributed by atoms with van der Waals surface area (Å²) >= 11 is 0. The molecule has 0 radical (unpaired) electrons. The van der Waals surface area contributed by atoms with Crippen LogP contribution in [0.4, 0.5) is 4.39 Å². The second kappa shape index (κ2) is 8.03. The first kappa shape index (κ1) is 18.1. The highest BCUT2D eigenvalue weighted by Crippen LogP contribution is 2.07. The van der Waals surface area contributed by atoms with Gasteiger partial charge in [0.05, 0.1) is 5.69 Å². The predicted molar refractivity (Wildman–Crippen MR) is 90.4 cm³/mol. The minimum Gasteiger partial charge on any atom is -0.347 e. The Kier molecular flexibility index (Phi) is 6.05. The SMILES string of the molecule is Cl.O=C(NC1CCCNC1)c1ccc(=O)n(-c2ccc(F)cc2)n1. The number of halogens is 2. The Hall–Kier alpha value is -2.25. The molecule has 1 aromatic heterocycles. The molecular weight excluding hydrogens is 335 g/mol. The summed E-state index contributed by atoms with van der Waals surface area (Å²) in [5.41, 5.74) is 0.178. The second-order valence-electron chi connectivity index (χ2n) is 5.46. The first-order valence-electron chi connectivity index (χ1n) is 7.51. The van der Waals surface area contributed by atoms with Crippen LogP contribution in [0.3, 0.4) is 0 Å². The first-order chi connectivity index (χ1) is 11.1. The normalized spacial score (nSPS) is 17.0. The minimum atomic E-state index is -0.402. The number of benzene rings is 1. The molecule has 1 saturated heterocycles. The van der Waals surface area contributed by atoms with E-state index in [1.165, 1.54) is 36.4 Å². The third-order valence-electron chi connectivity index (χ3n) is 3.74. The molecule has 1 amide bonds. The quantitative estimate of drug-likeness (QED) is 0.872. The topological polar surface area (TPSA) is 76.0 Å². The lowest BCUT2D eigenvalue weighted by Gasteiger charge is -2.23. The molecule has 1 aromatic carbocycles. The number of carbonyl (C=O) groups is 1. The van der Waals surface area contributed by atoms with E-state index in [1.807, 2.05) is 0 Å². The summed E-state index contributed by atoms with van der Waals surface area (Å²) in [7, 11) is 0. The molecule has 8 heteroatoms. The summed E-state index contributed by atoms with van der Waals surface area (Å²) in [6.07, 6.45) is 1.92. The number of nitrogens with one attached hydrogen (secondary N) is 2. The Morgan fingerprint density at radius 2 is 2.00 bits per heavy atom. The van der Waals surface area contributed by atoms with Crippen molar-refractivity contribution in [1.82, 2.24) is 20.4 Å². The Morgan fingerprint density at radius 3 is 2.67 bits per heavy atom. The fourth-order valence-corrected chi connectivity index (χ4v) is 2.53. The van der Waals surface area contributed by atoms with Crippen LogP contribution in [0.1, 0.15) is 23.3 Å². The lowest BCUT2D eigenvalue weighted by Crippen LogP contribution is -2.46. The molecule has 6 nitrogen and oxygen atoms in total. The monoisotopic (exact) mass is 352 g/mol. The van der Waals surface area contributed by atoms with E-state index >= 15 is 0 Å². The van der Waals surface area contributed by atoms with E-state index in [0.29, 0.717) is 5.69 Å². The number of hydrogen-bond acceptors (Lipinski definition) is 4. The Bertz CT molecular complexity index is 757. The van der Waals surface area contributed by atoms with E-state index in [4.69, 9.17) is 0 Å². The van der Waals surface area contributed by atoms with Crippen molar-refractivity contribution in [2.24, 2.45) is 0 Å². The van der Waals surface area contributed by atoms with Gasteiger partial charge in [-0.3, -0.25) is 9.59 Å². The number of aromatic nitrogens is 2. The highest BCUT2D eigenvalue weighted by molar-refractivity contribution is 5.92. The van der Waals surface area contributed by atoms with E-state index in [-0.39, 0.29) is 35.6 Å². The van der Waals surface area contributed by atoms with Crippen LogP contribution in [0.15, 0.2) is 41.2 Å². The van der Waals surface area contributed by atoms with Crippen molar-refractivity contribution in [3.05, 3.63) is 58.3 Å². The van der Waals surface area contributed by atoms with Gasteiger partial charge in [-0.2, -0.15) is 9.78 Å². The smallest absolute Gasteiger partial charge is 0.272 e. The summed E-state index contributed by atoms with van der Waals surface area (Å²) in [6.45, 7) is 1.68. The zero-order chi connectivity index (χ0) is 16.2. The van der Waals surface area contributed by atoms with Crippen LogP contribution < -0.4 is 16.2 Å². The number of amides is 1. The van der Waals surface area contributed by atoms with Gasteiger partial charge in [0.2, 0.25) is 0 Å². The van der Waals surface area contributed by atoms with Gasteiger partial charge in [-0.1, -0.05) is 0 Å². The number of nitrogens with zero attached hydrogens (tertiary/aromatic N) is 2. The molecule has 24 heavy (non-hydrogen) atoms. The van der Waals surface area contributed by atoms with Crippen LogP contribution in [0.5, 0.6) is 0 Å². The molecule has 2 aromatic rings. The van der Waals surface area contributed by atoms with Crippen molar-refractivity contribution in [3.63, 3.8) is 0 Å². The molecule has 1 aliphatic heterocycles. The van der Waals surface area contributed by atoms with Gasteiger partial charge in [-0.05, 0) is 49.7 Å². The largest absolute Gasteiger partial charge is 0.347 e. The van der Waals surface area contributed by atoms with E-state index in [0.717, 1.165) is 30.6 Å². The lowest BCUT2D eigenvalue weighted by molar-refractivity contribution is 0.0924. The van der Waals surface area contributed by atoms with E-state index in [9.17, 15) is 14.0 Å². The van der Waals surface area contributed by atoms with Crippen LogP contribution in [0, 0.1) is 5.82 Å². The average Bonchev–Trinajstić information content (AvgIpc) is 2.57. The van der Waals surface area contributed by atoms with Crippen LogP contribution in [0.2, 0.25) is 0 Å². The van der Waals surface area contributed by atoms with Crippen LogP contribution in [-0.2, 0) is 0 Å². The second-order valence-corrected chi connectivity index (χ2v) is 5.46. The molecule has 1 atom stereocenters. The molecule has 2 heterocycles. The summed E-state index contributed by atoms with van der Waals surface area (Å²) in [4.78, 5) is 24.2. The molecule has 1 aliphatic rings. The molecular formula is C16H18ClFN4O2. The van der Waals surface area contributed by atoms with Crippen LogP contribution >= 0.6 is 12.4 Å². The summed E-state index contributed by atoms with van der Waals surface area (Å²) in [5, 5.41) is 10.2. The Morgan fingerprint density at radius 1 is 1.25 bits per heavy atom. The number of carbonyl (C=O) groups excluding carboxylic acids is 1. The molecule has 128 valence electrons. The third kappa shape index (κ3) is 4.18. The molecule has 1 fully saturated rings. The van der Waals surface area contributed by atoms with Crippen molar-refractivity contribution in [2.75, 3.05) is 13.1 Å². The zero-order valence-corrected chi connectivity index (χ0v) is 13.7. The molecule has 3 rings (SSSR count). The summed E-state index contributed by atoms with van der Waals surface area (Å²) in [5.74, 6) is -0.727. The highest BCUT2D eigenvalue weighted by Gasteiger charge is 2.18.